The Hall–Kier alpha value is 2.56. The Morgan fingerprint density at radius 3 is 0.947 bits per heavy atom. The van der Waals surface area contributed by atoms with Gasteiger partial charge in [0.15, 0.2) is 0 Å². The SMILES string of the molecule is O=P(O)(O)OP(=O)(O)OP(=O)(O)OP(=O)(O)O.[H-].[H-].[Na+].[Na+]. The first kappa shape index (κ1) is 26.5. The molecule has 0 heterocycles. The van der Waals surface area contributed by atoms with Crippen molar-refractivity contribution in [2.75, 3.05) is 0 Å². The fourth-order valence-corrected chi connectivity index (χ4v) is 4.40. The zero-order valence-corrected chi connectivity index (χ0v) is 16.9. The van der Waals surface area contributed by atoms with Crippen LogP contribution >= 0.6 is 31.3 Å². The van der Waals surface area contributed by atoms with E-state index in [1.165, 1.54) is 0 Å². The zero-order valence-electron chi connectivity index (χ0n) is 11.3. The average Bonchev–Trinajstić information content (AvgIpc) is 1.65. The fraction of sp³-hybridized carbons (Fsp3) is 0. The fourth-order valence-electron chi connectivity index (χ4n) is 0.429. The van der Waals surface area contributed by atoms with Crippen molar-refractivity contribution in [1.29, 1.82) is 0 Å². The van der Waals surface area contributed by atoms with Crippen molar-refractivity contribution in [3.63, 3.8) is 0 Å². The maximum atomic E-state index is 10.7. The van der Waals surface area contributed by atoms with Gasteiger partial charge in [0.1, 0.15) is 0 Å². The third-order valence-electron chi connectivity index (χ3n) is 0.625. The molecule has 6 N–H and O–H groups in total. The van der Waals surface area contributed by atoms with Crippen LogP contribution in [0, 0.1) is 0 Å². The van der Waals surface area contributed by atoms with E-state index in [0.717, 1.165) is 0 Å². The molecular weight excluding hydrogens is 378 g/mol. The molecule has 108 valence electrons. The molecule has 13 nitrogen and oxygen atoms in total. The summed E-state index contributed by atoms with van der Waals surface area (Å²) in [6.07, 6.45) is 0. The van der Waals surface area contributed by atoms with E-state index in [0.29, 0.717) is 0 Å². The van der Waals surface area contributed by atoms with Gasteiger partial charge in [-0.3, -0.25) is 0 Å². The van der Waals surface area contributed by atoms with Crippen LogP contribution in [0.1, 0.15) is 2.85 Å². The minimum atomic E-state index is -5.77. The second-order valence-corrected chi connectivity index (χ2v) is 7.96. The Bertz CT molecular complexity index is 421. The van der Waals surface area contributed by atoms with Crippen molar-refractivity contribution < 1.29 is 123 Å². The Morgan fingerprint density at radius 1 is 0.579 bits per heavy atom. The molecule has 0 aliphatic rings. The Balaban J connectivity index is -0.000000213. The average molecular weight is 386 g/mol. The van der Waals surface area contributed by atoms with Gasteiger partial charge in [-0.1, -0.05) is 0 Å². The minimum Gasteiger partial charge on any atom is -1.00 e. The van der Waals surface area contributed by atoms with Crippen LogP contribution in [0.15, 0.2) is 0 Å². The summed E-state index contributed by atoms with van der Waals surface area (Å²) in [7, 11) is -22.6. The van der Waals surface area contributed by atoms with Gasteiger partial charge in [-0.15, -0.1) is 0 Å². The van der Waals surface area contributed by atoms with E-state index in [2.05, 4.69) is 12.9 Å². The van der Waals surface area contributed by atoms with Gasteiger partial charge < -0.3 is 32.2 Å². The smallest absolute Gasteiger partial charge is 1.00 e. The van der Waals surface area contributed by atoms with Crippen LogP contribution in [0.3, 0.4) is 0 Å². The predicted octanol–water partition coefficient (Wildman–Crippen LogP) is -6.34. The van der Waals surface area contributed by atoms with Gasteiger partial charge in [-0.25, -0.2) is 18.3 Å². The second-order valence-electron chi connectivity index (χ2n) is 2.16. The molecule has 0 aromatic heterocycles. The number of rotatable bonds is 6. The van der Waals surface area contributed by atoms with Gasteiger partial charge in [-0.2, -0.15) is 12.9 Å². The van der Waals surface area contributed by atoms with E-state index in [1.807, 2.05) is 0 Å². The van der Waals surface area contributed by atoms with Gasteiger partial charge in [0.25, 0.3) is 0 Å². The summed E-state index contributed by atoms with van der Waals surface area (Å²) in [5.41, 5.74) is 0. The summed E-state index contributed by atoms with van der Waals surface area (Å²) in [5, 5.41) is 0. The van der Waals surface area contributed by atoms with Gasteiger partial charge in [0.05, 0.1) is 0 Å². The molecule has 0 aromatic rings. The molecule has 0 amide bonds. The van der Waals surface area contributed by atoms with Crippen molar-refractivity contribution in [2.24, 2.45) is 0 Å². The molecule has 19 heteroatoms. The predicted molar refractivity (Wildman–Crippen MR) is 49.2 cm³/mol. The Morgan fingerprint density at radius 2 is 0.789 bits per heavy atom. The number of hydrogen-bond donors (Lipinski definition) is 6. The quantitative estimate of drug-likeness (QED) is 0.185. The molecule has 0 spiro atoms. The molecule has 0 aromatic carbocycles. The molecule has 0 rings (SSSR count). The molecule has 19 heavy (non-hydrogen) atoms. The van der Waals surface area contributed by atoms with Crippen LogP contribution in [-0.4, -0.2) is 29.4 Å². The van der Waals surface area contributed by atoms with E-state index in [9.17, 15) is 18.3 Å². The van der Waals surface area contributed by atoms with E-state index in [1.54, 1.807) is 0 Å². The van der Waals surface area contributed by atoms with Crippen molar-refractivity contribution in [1.82, 2.24) is 0 Å². The monoisotopic (exact) mass is 386 g/mol. The van der Waals surface area contributed by atoms with E-state index in [4.69, 9.17) is 29.4 Å². The van der Waals surface area contributed by atoms with Crippen LogP contribution in [0.25, 0.3) is 0 Å². The first-order valence-corrected chi connectivity index (χ1v) is 9.08. The second kappa shape index (κ2) is 9.00. The molecular formula is H8Na2O13P4. The summed E-state index contributed by atoms with van der Waals surface area (Å²) < 4.78 is 50.9. The van der Waals surface area contributed by atoms with Crippen LogP contribution in [0.2, 0.25) is 0 Å². The Labute approximate surface area is 152 Å². The molecule has 0 saturated carbocycles. The molecule has 0 aliphatic carbocycles. The van der Waals surface area contributed by atoms with Crippen LogP contribution in [0.5, 0.6) is 0 Å². The summed E-state index contributed by atoms with van der Waals surface area (Å²) in [5.74, 6) is 0. The Kier molecular flexibility index (Phi) is 12.5. The van der Waals surface area contributed by atoms with Crippen LogP contribution in [-0.2, 0) is 31.2 Å². The van der Waals surface area contributed by atoms with Crippen molar-refractivity contribution in [3.8, 4) is 0 Å². The van der Waals surface area contributed by atoms with Gasteiger partial charge in [0, 0.05) is 0 Å². The topological polar surface area (TPSA) is 217 Å². The maximum absolute atomic E-state index is 10.7. The first-order valence-electron chi connectivity index (χ1n) is 3.03. The summed E-state index contributed by atoms with van der Waals surface area (Å²) in [6, 6.07) is 0. The summed E-state index contributed by atoms with van der Waals surface area (Å²) in [6.45, 7) is 0. The minimum absolute atomic E-state index is 0. The van der Waals surface area contributed by atoms with Crippen molar-refractivity contribution in [2.45, 2.75) is 0 Å². The molecule has 0 aliphatic heterocycles. The molecule has 0 bridgehead atoms. The van der Waals surface area contributed by atoms with Crippen LogP contribution in [0.4, 0.5) is 0 Å². The standard InChI is InChI=1S/2Na.H6O13P4.2H/c;;1-14(2,3)11-16(7,8)13-17(9,10)12-15(4,5)6;;/h;;(H,7,8)(H,9,10)(H2,1,2,3)(H2,4,5,6);;/q2*+1;;2*-1. The van der Waals surface area contributed by atoms with Crippen molar-refractivity contribution >= 4 is 31.3 Å². The third kappa shape index (κ3) is 16.8. The molecule has 0 radical (unpaired) electrons. The third-order valence-corrected chi connectivity index (χ3v) is 5.63. The summed E-state index contributed by atoms with van der Waals surface area (Å²) in [4.78, 5) is 49.4. The van der Waals surface area contributed by atoms with Crippen LogP contribution < -0.4 is 59.1 Å². The summed E-state index contributed by atoms with van der Waals surface area (Å²) >= 11 is 0. The maximum Gasteiger partial charge on any atom is 1.00 e. The van der Waals surface area contributed by atoms with E-state index < -0.39 is 31.3 Å². The number of phosphoric acid groups is 4. The van der Waals surface area contributed by atoms with Gasteiger partial charge in [0.2, 0.25) is 0 Å². The zero-order chi connectivity index (χ0) is 14.1. The van der Waals surface area contributed by atoms with E-state index >= 15 is 0 Å². The molecule has 0 saturated heterocycles. The van der Waals surface area contributed by atoms with Gasteiger partial charge >= 0.3 is 90.4 Å². The number of hydrogen-bond acceptors (Lipinski definition) is 7. The van der Waals surface area contributed by atoms with Crippen molar-refractivity contribution in [3.05, 3.63) is 0 Å². The first-order chi connectivity index (χ1) is 7.12. The van der Waals surface area contributed by atoms with E-state index in [-0.39, 0.29) is 62.0 Å². The molecule has 2 unspecified atom stereocenters. The molecule has 2 atom stereocenters. The molecule has 0 fully saturated rings. The van der Waals surface area contributed by atoms with Gasteiger partial charge in [-0.05, 0) is 0 Å². The normalized spacial score (nSPS) is 18.4. The largest absolute Gasteiger partial charge is 1.00 e.